The number of anilines is 1. The predicted octanol–water partition coefficient (Wildman–Crippen LogP) is 2.63. The zero-order chi connectivity index (χ0) is 23.2. The van der Waals surface area contributed by atoms with Crippen LogP contribution >= 0.6 is 0 Å². The second kappa shape index (κ2) is 13.7. The number of aromatic amines is 1. The highest BCUT2D eigenvalue weighted by Crippen LogP contribution is 2.14. The van der Waals surface area contributed by atoms with Gasteiger partial charge >= 0.3 is 0 Å². The van der Waals surface area contributed by atoms with Gasteiger partial charge in [0.2, 0.25) is 0 Å². The lowest BCUT2D eigenvalue weighted by atomic mass is 10.1. The van der Waals surface area contributed by atoms with Crippen LogP contribution in [0.2, 0.25) is 0 Å². The number of hydrogen-bond donors (Lipinski definition) is 4. The molecule has 4 N–H and O–H groups in total. The maximum absolute atomic E-state index is 12.4. The van der Waals surface area contributed by atoms with Gasteiger partial charge in [-0.15, -0.1) is 0 Å². The van der Waals surface area contributed by atoms with Gasteiger partial charge in [0, 0.05) is 17.8 Å². The number of aromatic nitrogens is 1. The maximum atomic E-state index is 12.4. The van der Waals surface area contributed by atoms with E-state index in [0.717, 1.165) is 30.9 Å². The molecule has 1 saturated heterocycles. The summed E-state index contributed by atoms with van der Waals surface area (Å²) in [6, 6.07) is 9.34. The molecule has 9 nitrogen and oxygen atoms in total. The quantitative estimate of drug-likeness (QED) is 0.546. The molecule has 3 rings (SSSR count). The molecule has 1 aliphatic heterocycles. The van der Waals surface area contributed by atoms with Crippen LogP contribution in [-0.4, -0.2) is 52.0 Å². The molecule has 0 spiro atoms. The highest BCUT2D eigenvalue weighted by atomic mass is 16.3. The van der Waals surface area contributed by atoms with Crippen LogP contribution in [0, 0.1) is 13.8 Å². The molecule has 1 fully saturated rings. The number of carbonyl (C=O) groups is 3. The average molecular weight is 431 g/mol. The lowest BCUT2D eigenvalue weighted by Gasteiger charge is -2.26. The van der Waals surface area contributed by atoms with Gasteiger partial charge in [-0.05, 0) is 69.1 Å². The number of likely N-dealkylation sites (tertiary alicyclic amines) is 1. The van der Waals surface area contributed by atoms with Gasteiger partial charge in [0.1, 0.15) is 5.69 Å². The Morgan fingerprint density at radius 1 is 1.06 bits per heavy atom. The first-order valence-corrected chi connectivity index (χ1v) is 9.85. The fourth-order valence-electron chi connectivity index (χ4n) is 3.15. The van der Waals surface area contributed by atoms with Gasteiger partial charge in [-0.2, -0.15) is 0 Å². The third-order valence-corrected chi connectivity index (χ3v) is 4.82. The van der Waals surface area contributed by atoms with Crippen molar-refractivity contribution in [1.29, 1.82) is 0 Å². The Hall–Kier alpha value is -3.46. The standard InChI is InChI=1S/C20H25N3O2.2CH2O2/c1-14-12-18(20(25)21-15(14)2)22-19(24)17-8-6-16(7-9-17)13-23-10-4-3-5-11-23;2*2-1-3/h6-9,12H,3-5,10-11,13H2,1-2H3,(H,21,25)(H,22,24);2*1H,(H,2,3). The van der Waals surface area contributed by atoms with Crippen LogP contribution in [0.1, 0.15) is 46.4 Å². The molecule has 0 saturated carbocycles. The molecule has 2 heterocycles. The molecule has 2 aromatic rings. The Bertz CT molecular complexity index is 896. The van der Waals surface area contributed by atoms with E-state index >= 15 is 0 Å². The highest BCUT2D eigenvalue weighted by Gasteiger charge is 2.12. The molecule has 0 atom stereocenters. The number of carbonyl (C=O) groups excluding carboxylic acids is 1. The van der Waals surface area contributed by atoms with Crippen molar-refractivity contribution in [3.05, 3.63) is 63.1 Å². The minimum atomic E-state index is -0.279. The SMILES string of the molecule is Cc1cc(NC(=O)c2ccc(CN3CCCCC3)cc2)c(=O)[nH]c1C.O=CO.O=CO. The smallest absolute Gasteiger partial charge is 0.290 e. The second-order valence-electron chi connectivity index (χ2n) is 7.02. The first kappa shape index (κ1) is 25.6. The van der Waals surface area contributed by atoms with E-state index in [1.807, 2.05) is 38.1 Å². The second-order valence-corrected chi connectivity index (χ2v) is 7.02. The summed E-state index contributed by atoms with van der Waals surface area (Å²) >= 11 is 0. The molecule has 0 aliphatic carbocycles. The molecule has 0 bridgehead atoms. The highest BCUT2D eigenvalue weighted by molar-refractivity contribution is 6.04. The molecule has 9 heteroatoms. The van der Waals surface area contributed by atoms with Gasteiger partial charge in [0.15, 0.2) is 0 Å². The molecule has 0 radical (unpaired) electrons. The third kappa shape index (κ3) is 8.83. The minimum Gasteiger partial charge on any atom is -0.483 e. The first-order chi connectivity index (χ1) is 14.9. The fourth-order valence-corrected chi connectivity index (χ4v) is 3.15. The van der Waals surface area contributed by atoms with Crippen molar-refractivity contribution >= 4 is 24.5 Å². The number of benzene rings is 1. The number of pyridine rings is 1. The monoisotopic (exact) mass is 431 g/mol. The maximum Gasteiger partial charge on any atom is 0.290 e. The first-order valence-electron chi connectivity index (χ1n) is 9.85. The molecule has 1 amide bonds. The topological polar surface area (TPSA) is 140 Å². The Morgan fingerprint density at radius 2 is 1.61 bits per heavy atom. The number of H-pyrrole nitrogens is 1. The van der Waals surface area contributed by atoms with Crippen molar-refractivity contribution in [2.24, 2.45) is 0 Å². The molecule has 31 heavy (non-hydrogen) atoms. The predicted molar refractivity (Wildman–Crippen MR) is 117 cm³/mol. The van der Waals surface area contributed by atoms with Gasteiger partial charge in [0.25, 0.3) is 24.4 Å². The lowest BCUT2D eigenvalue weighted by Crippen LogP contribution is -2.29. The summed E-state index contributed by atoms with van der Waals surface area (Å²) in [5.74, 6) is -0.265. The molecule has 1 aromatic carbocycles. The van der Waals surface area contributed by atoms with E-state index in [2.05, 4.69) is 15.2 Å². The number of nitrogens with zero attached hydrogens (tertiary/aromatic N) is 1. The van der Waals surface area contributed by atoms with Gasteiger partial charge in [0.05, 0.1) is 0 Å². The summed E-state index contributed by atoms with van der Waals surface area (Å²) in [4.78, 5) is 46.3. The van der Waals surface area contributed by atoms with E-state index in [1.165, 1.54) is 24.8 Å². The van der Waals surface area contributed by atoms with Crippen LogP contribution in [0.25, 0.3) is 0 Å². The summed E-state index contributed by atoms with van der Waals surface area (Å²) in [5, 5.41) is 16.5. The molecular weight excluding hydrogens is 402 g/mol. The normalized spacial score (nSPS) is 13.0. The van der Waals surface area contributed by atoms with E-state index in [-0.39, 0.29) is 30.1 Å². The Kier molecular flexibility index (Phi) is 11.3. The molecule has 1 aliphatic rings. The lowest BCUT2D eigenvalue weighted by molar-refractivity contribution is -0.123. The van der Waals surface area contributed by atoms with E-state index in [9.17, 15) is 9.59 Å². The summed E-state index contributed by atoms with van der Waals surface area (Å²) in [6.07, 6.45) is 3.86. The van der Waals surface area contributed by atoms with E-state index < -0.39 is 0 Å². The summed E-state index contributed by atoms with van der Waals surface area (Å²) in [7, 11) is 0. The number of nitrogens with one attached hydrogen (secondary N) is 2. The number of piperidine rings is 1. The minimum absolute atomic E-state index is 0.250. The van der Waals surface area contributed by atoms with Gasteiger partial charge in [-0.3, -0.25) is 24.1 Å². The van der Waals surface area contributed by atoms with E-state index in [4.69, 9.17) is 19.8 Å². The van der Waals surface area contributed by atoms with Crippen molar-refractivity contribution in [2.45, 2.75) is 39.7 Å². The zero-order valence-electron chi connectivity index (χ0n) is 17.8. The van der Waals surface area contributed by atoms with Crippen molar-refractivity contribution < 1.29 is 24.6 Å². The fraction of sp³-hybridized carbons (Fsp3) is 0.364. The van der Waals surface area contributed by atoms with Crippen LogP contribution in [0.3, 0.4) is 0 Å². The number of rotatable bonds is 4. The van der Waals surface area contributed by atoms with E-state index in [1.54, 1.807) is 6.07 Å². The number of carboxylic acid groups (broad SMARTS) is 2. The molecule has 0 unspecified atom stereocenters. The van der Waals surface area contributed by atoms with Gasteiger partial charge < -0.3 is 20.5 Å². The largest absolute Gasteiger partial charge is 0.483 e. The Labute approximate surface area is 180 Å². The van der Waals surface area contributed by atoms with Crippen LogP contribution in [0.15, 0.2) is 35.1 Å². The molecule has 1 aromatic heterocycles. The summed E-state index contributed by atoms with van der Waals surface area (Å²) in [5.41, 5.74) is 3.52. The van der Waals surface area contributed by atoms with Crippen LogP contribution in [0.4, 0.5) is 5.69 Å². The number of aryl methyl sites for hydroxylation is 2. The molecular formula is C22H29N3O6. The molecule has 168 valence electrons. The van der Waals surface area contributed by atoms with Gasteiger partial charge in [-0.1, -0.05) is 18.6 Å². The van der Waals surface area contributed by atoms with Crippen LogP contribution in [0.5, 0.6) is 0 Å². The van der Waals surface area contributed by atoms with Gasteiger partial charge in [-0.25, -0.2) is 0 Å². The van der Waals surface area contributed by atoms with Crippen molar-refractivity contribution in [1.82, 2.24) is 9.88 Å². The number of hydrogen-bond acceptors (Lipinski definition) is 5. The Morgan fingerprint density at radius 3 is 2.16 bits per heavy atom. The van der Waals surface area contributed by atoms with E-state index in [0.29, 0.717) is 5.56 Å². The van der Waals surface area contributed by atoms with Crippen molar-refractivity contribution in [2.75, 3.05) is 18.4 Å². The van der Waals surface area contributed by atoms with Crippen molar-refractivity contribution in [3.63, 3.8) is 0 Å². The summed E-state index contributed by atoms with van der Waals surface area (Å²) in [6.45, 7) is 6.47. The third-order valence-electron chi connectivity index (χ3n) is 4.82. The van der Waals surface area contributed by atoms with Crippen LogP contribution < -0.4 is 10.9 Å². The Balaban J connectivity index is 0.000000720. The zero-order valence-corrected chi connectivity index (χ0v) is 17.8. The number of amides is 1. The summed E-state index contributed by atoms with van der Waals surface area (Å²) < 4.78 is 0. The van der Waals surface area contributed by atoms with Crippen LogP contribution in [-0.2, 0) is 16.1 Å². The average Bonchev–Trinajstić information content (AvgIpc) is 2.74. The van der Waals surface area contributed by atoms with Crippen molar-refractivity contribution in [3.8, 4) is 0 Å².